The van der Waals surface area contributed by atoms with Crippen LogP contribution in [-0.2, 0) is 17.6 Å². The van der Waals surface area contributed by atoms with E-state index in [0.29, 0.717) is 33.5 Å². The number of carboxylic acids is 1. The van der Waals surface area contributed by atoms with Crippen LogP contribution in [0.15, 0.2) is 66.7 Å². The van der Waals surface area contributed by atoms with Crippen LogP contribution in [0.4, 0.5) is 13.2 Å². The number of hydrogen-bond donors (Lipinski definition) is 2. The highest BCUT2D eigenvalue weighted by Gasteiger charge is 2.37. The van der Waals surface area contributed by atoms with Gasteiger partial charge in [-0.25, -0.2) is 19.2 Å². The average Bonchev–Trinajstić information content (AvgIpc) is 2.93. The van der Waals surface area contributed by atoms with Gasteiger partial charge in [0.25, 0.3) is 5.91 Å². The van der Waals surface area contributed by atoms with Crippen molar-refractivity contribution in [3.8, 4) is 11.3 Å². The minimum Gasteiger partial charge on any atom is -0.477 e. The molecule has 5 rings (SSSR count). The second kappa shape index (κ2) is 10.8. The number of aliphatic carboxylic acids is 1. The molecule has 39 heavy (non-hydrogen) atoms. The zero-order valence-electron chi connectivity index (χ0n) is 21.0. The van der Waals surface area contributed by atoms with E-state index in [1.807, 2.05) is 18.2 Å². The first-order chi connectivity index (χ1) is 18.7. The van der Waals surface area contributed by atoms with Crippen molar-refractivity contribution in [3.63, 3.8) is 0 Å². The summed E-state index contributed by atoms with van der Waals surface area (Å²) in [6, 6.07) is 18.5. The SMILES string of the molecule is O=C(NC1CCCc2ccccc21)c1ccc2nc(-c3ccc(F)cc3)c(CCCC(F)(F)C(=O)O)nc2c1. The second-order valence-corrected chi connectivity index (χ2v) is 9.71. The Labute approximate surface area is 222 Å². The molecule has 4 aromatic rings. The lowest BCUT2D eigenvalue weighted by molar-refractivity contribution is -0.165. The van der Waals surface area contributed by atoms with Crippen LogP contribution >= 0.6 is 0 Å². The lowest BCUT2D eigenvalue weighted by atomic mass is 9.87. The molecule has 6 nitrogen and oxygen atoms in total. The highest BCUT2D eigenvalue weighted by Crippen LogP contribution is 2.31. The first-order valence-electron chi connectivity index (χ1n) is 12.8. The van der Waals surface area contributed by atoms with Gasteiger partial charge in [0.2, 0.25) is 0 Å². The zero-order chi connectivity index (χ0) is 27.6. The average molecular weight is 534 g/mol. The predicted octanol–water partition coefficient (Wildman–Crippen LogP) is 6.29. The van der Waals surface area contributed by atoms with Gasteiger partial charge in [-0.05, 0) is 85.7 Å². The first-order valence-corrected chi connectivity index (χ1v) is 12.8. The summed E-state index contributed by atoms with van der Waals surface area (Å²) in [5.41, 5.74) is 4.89. The number of halogens is 3. The summed E-state index contributed by atoms with van der Waals surface area (Å²) >= 11 is 0. The molecule has 3 aromatic carbocycles. The van der Waals surface area contributed by atoms with Gasteiger partial charge < -0.3 is 10.4 Å². The maximum absolute atomic E-state index is 13.7. The number of hydrogen-bond acceptors (Lipinski definition) is 4. The summed E-state index contributed by atoms with van der Waals surface area (Å²) in [7, 11) is 0. The van der Waals surface area contributed by atoms with E-state index in [9.17, 15) is 22.8 Å². The molecular weight excluding hydrogens is 507 g/mol. The van der Waals surface area contributed by atoms with Crippen molar-refractivity contribution < 1.29 is 27.9 Å². The normalized spacial score (nSPS) is 15.1. The van der Waals surface area contributed by atoms with E-state index in [4.69, 9.17) is 5.11 Å². The number of nitrogens with one attached hydrogen (secondary N) is 1. The number of fused-ring (bicyclic) bond motifs is 2. The quantitative estimate of drug-likeness (QED) is 0.278. The Morgan fingerprint density at radius 3 is 2.54 bits per heavy atom. The van der Waals surface area contributed by atoms with E-state index in [1.54, 1.807) is 18.2 Å². The van der Waals surface area contributed by atoms with Gasteiger partial charge in [-0.1, -0.05) is 24.3 Å². The summed E-state index contributed by atoms with van der Waals surface area (Å²) < 4.78 is 40.9. The number of amides is 1. The molecule has 0 radical (unpaired) electrons. The summed E-state index contributed by atoms with van der Waals surface area (Å²) in [4.78, 5) is 33.3. The minimum atomic E-state index is -3.86. The van der Waals surface area contributed by atoms with Gasteiger partial charge in [0.05, 0.1) is 28.5 Å². The van der Waals surface area contributed by atoms with Gasteiger partial charge in [-0.15, -0.1) is 0 Å². The Bertz CT molecular complexity index is 1540. The maximum Gasteiger partial charge on any atom is 0.374 e. The van der Waals surface area contributed by atoms with Crippen molar-refractivity contribution >= 4 is 22.9 Å². The largest absolute Gasteiger partial charge is 0.477 e. The molecule has 0 bridgehead atoms. The molecule has 0 aliphatic heterocycles. The number of alkyl halides is 2. The monoisotopic (exact) mass is 533 g/mol. The van der Waals surface area contributed by atoms with Crippen molar-refractivity contribution in [2.24, 2.45) is 0 Å². The van der Waals surface area contributed by atoms with Gasteiger partial charge >= 0.3 is 11.9 Å². The van der Waals surface area contributed by atoms with Crippen molar-refractivity contribution in [2.75, 3.05) is 0 Å². The van der Waals surface area contributed by atoms with Crippen LogP contribution in [0.3, 0.4) is 0 Å². The molecule has 1 heterocycles. The Morgan fingerprint density at radius 2 is 1.77 bits per heavy atom. The summed E-state index contributed by atoms with van der Waals surface area (Å²) in [6.07, 6.45) is 1.79. The maximum atomic E-state index is 13.7. The lowest BCUT2D eigenvalue weighted by Gasteiger charge is -2.26. The number of carboxylic acid groups (broad SMARTS) is 1. The van der Waals surface area contributed by atoms with Gasteiger partial charge in [-0.3, -0.25) is 4.79 Å². The molecule has 0 fully saturated rings. The third-order valence-electron chi connectivity index (χ3n) is 7.01. The number of aryl methyl sites for hydroxylation is 2. The number of carbonyl (C=O) groups excluding carboxylic acids is 1. The Morgan fingerprint density at radius 1 is 1.00 bits per heavy atom. The van der Waals surface area contributed by atoms with E-state index >= 15 is 0 Å². The third-order valence-corrected chi connectivity index (χ3v) is 7.01. The molecule has 1 unspecified atom stereocenters. The second-order valence-electron chi connectivity index (χ2n) is 9.71. The molecule has 1 atom stereocenters. The van der Waals surface area contributed by atoms with E-state index in [2.05, 4.69) is 21.4 Å². The van der Waals surface area contributed by atoms with Gasteiger partial charge in [0.1, 0.15) is 5.82 Å². The molecule has 0 spiro atoms. The van der Waals surface area contributed by atoms with Crippen molar-refractivity contribution in [3.05, 3.63) is 94.9 Å². The Kier molecular flexibility index (Phi) is 7.32. The van der Waals surface area contributed by atoms with Crippen LogP contribution in [0.1, 0.15) is 58.9 Å². The molecule has 0 saturated carbocycles. The standard InChI is InChI=1S/C30H26F3N3O3/c31-21-13-10-19(11-14-21)27-25(9-4-16-30(32,33)29(38)39)34-26-17-20(12-15-24(26)35-27)28(37)36-23-8-3-6-18-5-1-2-7-22(18)23/h1-2,5,7,10-15,17,23H,3-4,6,8-9,16H2,(H,36,37)(H,38,39). The third kappa shape index (κ3) is 5.77. The summed E-state index contributed by atoms with van der Waals surface area (Å²) in [6.45, 7) is 0. The van der Waals surface area contributed by atoms with E-state index in [-0.39, 0.29) is 24.8 Å². The van der Waals surface area contributed by atoms with Crippen molar-refractivity contribution in [1.29, 1.82) is 0 Å². The van der Waals surface area contributed by atoms with Crippen LogP contribution in [0.25, 0.3) is 22.3 Å². The van der Waals surface area contributed by atoms with Crippen LogP contribution in [0, 0.1) is 5.82 Å². The number of benzene rings is 3. The van der Waals surface area contributed by atoms with Crippen LogP contribution in [0.2, 0.25) is 0 Å². The fourth-order valence-electron chi connectivity index (χ4n) is 4.98. The number of rotatable bonds is 8. The Balaban J connectivity index is 1.44. The lowest BCUT2D eigenvalue weighted by Crippen LogP contribution is -2.31. The van der Waals surface area contributed by atoms with Crippen LogP contribution in [-0.4, -0.2) is 32.9 Å². The number of carbonyl (C=O) groups is 2. The predicted molar refractivity (Wildman–Crippen MR) is 140 cm³/mol. The molecule has 1 amide bonds. The highest BCUT2D eigenvalue weighted by molar-refractivity contribution is 5.97. The fourth-order valence-corrected chi connectivity index (χ4v) is 4.98. The minimum absolute atomic E-state index is 0.0216. The highest BCUT2D eigenvalue weighted by atomic mass is 19.3. The molecular formula is C30H26F3N3O3. The molecule has 1 aromatic heterocycles. The van der Waals surface area contributed by atoms with E-state index in [1.165, 1.54) is 29.8 Å². The van der Waals surface area contributed by atoms with Gasteiger partial charge in [0.15, 0.2) is 0 Å². The molecule has 1 aliphatic rings. The first kappa shape index (κ1) is 26.3. The zero-order valence-corrected chi connectivity index (χ0v) is 21.0. The molecule has 0 saturated heterocycles. The topological polar surface area (TPSA) is 92.2 Å². The smallest absolute Gasteiger partial charge is 0.374 e. The molecule has 1 aliphatic carbocycles. The van der Waals surface area contributed by atoms with Crippen molar-refractivity contribution in [1.82, 2.24) is 15.3 Å². The fraction of sp³-hybridized carbons (Fsp3) is 0.267. The van der Waals surface area contributed by atoms with Gasteiger partial charge in [0, 0.05) is 17.5 Å². The summed E-state index contributed by atoms with van der Waals surface area (Å²) in [5, 5.41) is 11.9. The van der Waals surface area contributed by atoms with Gasteiger partial charge in [-0.2, -0.15) is 8.78 Å². The number of aromatic nitrogens is 2. The molecule has 9 heteroatoms. The summed E-state index contributed by atoms with van der Waals surface area (Å²) in [5.74, 6) is -6.73. The number of nitrogens with zero attached hydrogens (tertiary/aromatic N) is 2. The van der Waals surface area contributed by atoms with Crippen molar-refractivity contribution in [2.45, 2.75) is 50.5 Å². The Hall–Kier alpha value is -4.27. The molecule has 200 valence electrons. The van der Waals surface area contributed by atoms with E-state index in [0.717, 1.165) is 24.8 Å². The molecule has 2 N–H and O–H groups in total. The van der Waals surface area contributed by atoms with Crippen LogP contribution in [0.5, 0.6) is 0 Å². The van der Waals surface area contributed by atoms with Crippen LogP contribution < -0.4 is 5.32 Å². The van der Waals surface area contributed by atoms with E-state index < -0.39 is 24.1 Å².